The summed E-state index contributed by atoms with van der Waals surface area (Å²) < 4.78 is 2.99. The molecule has 0 saturated heterocycles. The number of halogens is 1. The van der Waals surface area contributed by atoms with Crippen LogP contribution in [0.3, 0.4) is 0 Å². The van der Waals surface area contributed by atoms with Gasteiger partial charge >= 0.3 is 0 Å². The van der Waals surface area contributed by atoms with Crippen LogP contribution in [0, 0.1) is 6.92 Å². The van der Waals surface area contributed by atoms with Crippen LogP contribution in [0.1, 0.15) is 16.8 Å². The average Bonchev–Trinajstić information content (AvgIpc) is 2.98. The van der Waals surface area contributed by atoms with Crippen LogP contribution >= 0.6 is 15.9 Å². The van der Waals surface area contributed by atoms with Crippen LogP contribution in [0.5, 0.6) is 0 Å². The van der Waals surface area contributed by atoms with Crippen molar-refractivity contribution >= 4 is 21.8 Å². The van der Waals surface area contributed by atoms with E-state index in [1.807, 2.05) is 27.7 Å². The van der Waals surface area contributed by atoms with Crippen molar-refractivity contribution in [2.24, 2.45) is 0 Å². The fraction of sp³-hybridized carbons (Fsp3) is 0.200. The molecule has 0 aliphatic carbocycles. The fourth-order valence-corrected chi connectivity index (χ4v) is 3.68. The van der Waals surface area contributed by atoms with Gasteiger partial charge in [-0.2, -0.15) is 0 Å². The van der Waals surface area contributed by atoms with Crippen LogP contribution < -0.4 is 0 Å². The number of rotatable bonds is 3. The van der Waals surface area contributed by atoms with Crippen molar-refractivity contribution in [3.05, 3.63) is 76.2 Å². The second-order valence-electron chi connectivity index (χ2n) is 6.42. The van der Waals surface area contributed by atoms with Gasteiger partial charge in [-0.15, -0.1) is 0 Å². The molecule has 2 aromatic carbocycles. The summed E-state index contributed by atoms with van der Waals surface area (Å²) in [6.07, 6.45) is 1.77. The molecule has 0 unspecified atom stereocenters. The van der Waals surface area contributed by atoms with E-state index in [0.29, 0.717) is 19.6 Å². The smallest absolute Gasteiger partial charge is 0.243 e. The molecule has 5 heteroatoms. The van der Waals surface area contributed by atoms with Crippen LogP contribution in [0.4, 0.5) is 0 Å². The maximum atomic E-state index is 12.5. The number of aryl methyl sites for hydroxylation is 1. The van der Waals surface area contributed by atoms with Crippen molar-refractivity contribution in [3.63, 3.8) is 0 Å². The fourth-order valence-electron chi connectivity index (χ4n) is 3.28. The quantitative estimate of drug-likeness (QED) is 0.667. The summed E-state index contributed by atoms with van der Waals surface area (Å²) in [5.74, 6) is 0.132. The number of fused-ring (bicyclic) bond motifs is 1. The minimum absolute atomic E-state index is 0.132. The summed E-state index contributed by atoms with van der Waals surface area (Å²) in [6, 6.07) is 16.4. The zero-order valence-corrected chi connectivity index (χ0v) is 15.5. The van der Waals surface area contributed by atoms with Crippen LogP contribution in [0.25, 0.3) is 11.3 Å². The van der Waals surface area contributed by atoms with Gasteiger partial charge < -0.3 is 9.47 Å². The van der Waals surface area contributed by atoms with E-state index in [2.05, 4.69) is 58.2 Å². The van der Waals surface area contributed by atoms with Gasteiger partial charge in [0.15, 0.2) is 0 Å². The third-order valence-electron chi connectivity index (χ3n) is 4.50. The maximum Gasteiger partial charge on any atom is 0.243 e. The second kappa shape index (κ2) is 6.48. The molecule has 0 N–H and O–H groups in total. The van der Waals surface area contributed by atoms with E-state index in [9.17, 15) is 4.79 Å². The first-order chi connectivity index (χ1) is 12.1. The van der Waals surface area contributed by atoms with Gasteiger partial charge in [0.2, 0.25) is 5.91 Å². The minimum atomic E-state index is 0.132. The first-order valence-electron chi connectivity index (χ1n) is 8.23. The van der Waals surface area contributed by atoms with Gasteiger partial charge in [-0.05, 0) is 24.6 Å². The van der Waals surface area contributed by atoms with Gasteiger partial charge in [0, 0.05) is 16.6 Å². The van der Waals surface area contributed by atoms with Gasteiger partial charge in [0.1, 0.15) is 6.54 Å². The molecule has 4 nitrogen and oxygen atoms in total. The van der Waals surface area contributed by atoms with Crippen molar-refractivity contribution in [3.8, 4) is 11.3 Å². The molecule has 0 atom stereocenters. The maximum absolute atomic E-state index is 12.5. The van der Waals surface area contributed by atoms with E-state index in [1.54, 1.807) is 6.33 Å². The van der Waals surface area contributed by atoms with Gasteiger partial charge in [0.25, 0.3) is 0 Å². The standard InChI is InChI=1S/C20H18BrN3O/c1-14-4-2-5-15(8-14)10-23-11-18-20(16-6-3-7-17(21)9-16)22-13-24(18)12-19(23)25/h2-9,13H,10-12H2,1H3. The van der Waals surface area contributed by atoms with E-state index in [-0.39, 0.29) is 5.91 Å². The average molecular weight is 396 g/mol. The first-order valence-corrected chi connectivity index (χ1v) is 9.03. The monoisotopic (exact) mass is 395 g/mol. The Morgan fingerprint density at radius 2 is 1.96 bits per heavy atom. The Morgan fingerprint density at radius 1 is 1.12 bits per heavy atom. The highest BCUT2D eigenvalue weighted by atomic mass is 79.9. The number of benzene rings is 2. The molecule has 0 fully saturated rings. The van der Waals surface area contributed by atoms with Gasteiger partial charge in [-0.3, -0.25) is 4.79 Å². The molecule has 1 aliphatic rings. The zero-order chi connectivity index (χ0) is 17.4. The van der Waals surface area contributed by atoms with E-state index < -0.39 is 0 Å². The lowest BCUT2D eigenvalue weighted by Gasteiger charge is -2.29. The molecule has 0 radical (unpaired) electrons. The zero-order valence-electron chi connectivity index (χ0n) is 13.9. The van der Waals surface area contributed by atoms with E-state index in [4.69, 9.17) is 0 Å². The molecule has 0 saturated carbocycles. The molecule has 0 spiro atoms. The van der Waals surface area contributed by atoms with Crippen LogP contribution in [0.2, 0.25) is 0 Å². The number of carbonyl (C=O) groups is 1. The van der Waals surface area contributed by atoms with Crippen molar-refractivity contribution in [2.45, 2.75) is 26.6 Å². The van der Waals surface area contributed by atoms with Crippen molar-refractivity contribution in [1.29, 1.82) is 0 Å². The number of imidazole rings is 1. The van der Waals surface area contributed by atoms with Gasteiger partial charge in [-0.1, -0.05) is 57.9 Å². The van der Waals surface area contributed by atoms with E-state index in [1.165, 1.54) is 5.56 Å². The van der Waals surface area contributed by atoms with Gasteiger partial charge in [0.05, 0.1) is 24.3 Å². The van der Waals surface area contributed by atoms with Crippen molar-refractivity contribution < 1.29 is 4.79 Å². The number of hydrogen-bond acceptors (Lipinski definition) is 2. The molecule has 1 aliphatic heterocycles. The first kappa shape index (κ1) is 16.1. The third-order valence-corrected chi connectivity index (χ3v) is 4.99. The third kappa shape index (κ3) is 3.24. The highest BCUT2D eigenvalue weighted by Crippen LogP contribution is 2.28. The molecule has 1 aromatic heterocycles. The molecule has 1 amide bonds. The molecule has 25 heavy (non-hydrogen) atoms. The summed E-state index contributed by atoms with van der Waals surface area (Å²) in [5.41, 5.74) is 5.47. The summed E-state index contributed by atoms with van der Waals surface area (Å²) in [4.78, 5) is 19.0. The number of aromatic nitrogens is 2. The molecule has 3 aromatic rings. The van der Waals surface area contributed by atoms with Crippen LogP contribution in [-0.2, 0) is 24.4 Å². The molecule has 4 rings (SSSR count). The van der Waals surface area contributed by atoms with Crippen LogP contribution in [0.15, 0.2) is 59.3 Å². The molecular formula is C20H18BrN3O. The summed E-state index contributed by atoms with van der Waals surface area (Å²) >= 11 is 3.52. The number of nitrogens with zero attached hydrogens (tertiary/aromatic N) is 3. The van der Waals surface area contributed by atoms with Crippen molar-refractivity contribution in [2.75, 3.05) is 0 Å². The Morgan fingerprint density at radius 3 is 2.76 bits per heavy atom. The number of hydrogen-bond donors (Lipinski definition) is 0. The Bertz CT molecular complexity index is 948. The number of amides is 1. The molecule has 0 bridgehead atoms. The van der Waals surface area contributed by atoms with E-state index in [0.717, 1.165) is 27.0 Å². The molecule has 126 valence electrons. The SMILES string of the molecule is Cc1cccc(CN2Cc3c(-c4cccc(Br)c4)ncn3CC2=O)c1. The lowest BCUT2D eigenvalue weighted by Crippen LogP contribution is -2.38. The molecule has 2 heterocycles. The van der Waals surface area contributed by atoms with E-state index >= 15 is 0 Å². The largest absolute Gasteiger partial charge is 0.331 e. The lowest BCUT2D eigenvalue weighted by molar-refractivity contribution is -0.134. The Balaban J connectivity index is 1.64. The highest BCUT2D eigenvalue weighted by molar-refractivity contribution is 9.10. The summed E-state index contributed by atoms with van der Waals surface area (Å²) in [6.45, 7) is 3.63. The number of carbonyl (C=O) groups excluding carboxylic acids is 1. The summed E-state index contributed by atoms with van der Waals surface area (Å²) in [7, 11) is 0. The topological polar surface area (TPSA) is 38.1 Å². The van der Waals surface area contributed by atoms with Gasteiger partial charge in [-0.25, -0.2) is 4.98 Å². The Hall–Kier alpha value is -2.40. The predicted molar refractivity (Wildman–Crippen MR) is 101 cm³/mol. The second-order valence-corrected chi connectivity index (χ2v) is 7.33. The predicted octanol–water partition coefficient (Wildman–Crippen LogP) is 4.16. The minimum Gasteiger partial charge on any atom is -0.331 e. The molecular weight excluding hydrogens is 378 g/mol. The lowest BCUT2D eigenvalue weighted by atomic mass is 10.1. The summed E-state index contributed by atoms with van der Waals surface area (Å²) in [5, 5.41) is 0. The highest BCUT2D eigenvalue weighted by Gasteiger charge is 2.26. The van der Waals surface area contributed by atoms with Crippen molar-refractivity contribution in [1.82, 2.24) is 14.5 Å². The Kier molecular flexibility index (Phi) is 4.17. The van der Waals surface area contributed by atoms with Crippen LogP contribution in [-0.4, -0.2) is 20.4 Å². The Labute approximate surface area is 155 Å². The normalized spacial score (nSPS) is 13.8.